The molecule has 2 nitrogen and oxygen atoms in total. The van der Waals surface area contributed by atoms with Gasteiger partial charge >= 0.3 is 0 Å². The van der Waals surface area contributed by atoms with Crippen molar-refractivity contribution in [2.75, 3.05) is 0 Å². The first-order valence-corrected chi connectivity index (χ1v) is 8.24. The van der Waals surface area contributed by atoms with Crippen LogP contribution in [0, 0.1) is 5.82 Å². The minimum Gasteiger partial charge on any atom is -0.340 e. The Morgan fingerprint density at radius 1 is 1.09 bits per heavy atom. The molecule has 0 saturated heterocycles. The topological polar surface area (TPSA) is 29.1 Å². The van der Waals surface area contributed by atoms with Crippen molar-refractivity contribution in [3.8, 4) is 0 Å². The zero-order valence-corrected chi connectivity index (χ0v) is 13.6. The molecule has 3 rings (SSSR count). The Balaban J connectivity index is 1.90. The van der Waals surface area contributed by atoms with Crippen LogP contribution in [-0.4, -0.2) is 5.91 Å². The summed E-state index contributed by atoms with van der Waals surface area (Å²) < 4.78 is 13.2. The van der Waals surface area contributed by atoms with Crippen LogP contribution < -0.4 is 5.32 Å². The highest BCUT2D eigenvalue weighted by Crippen LogP contribution is 2.27. The maximum Gasteiger partial charge on any atom is 0.252 e. The molecule has 0 aliphatic heterocycles. The van der Waals surface area contributed by atoms with E-state index in [9.17, 15) is 9.18 Å². The predicted molar refractivity (Wildman–Crippen MR) is 91.5 cm³/mol. The average Bonchev–Trinajstić information content (AvgIpc) is 3.07. The van der Waals surface area contributed by atoms with Crippen LogP contribution in [0.1, 0.15) is 26.8 Å². The van der Waals surface area contributed by atoms with E-state index in [1.807, 2.05) is 17.5 Å². The van der Waals surface area contributed by atoms with Gasteiger partial charge in [0.15, 0.2) is 0 Å². The van der Waals surface area contributed by atoms with Gasteiger partial charge in [0, 0.05) is 15.5 Å². The summed E-state index contributed by atoms with van der Waals surface area (Å²) in [4.78, 5) is 13.5. The monoisotopic (exact) mass is 345 g/mol. The van der Waals surface area contributed by atoms with Gasteiger partial charge in [-0.2, -0.15) is 0 Å². The molecule has 0 radical (unpaired) electrons. The molecule has 1 N–H and O–H groups in total. The van der Waals surface area contributed by atoms with E-state index in [0.29, 0.717) is 10.6 Å². The van der Waals surface area contributed by atoms with Gasteiger partial charge in [-0.05, 0) is 47.3 Å². The highest BCUT2D eigenvalue weighted by molar-refractivity contribution is 7.10. The molecule has 1 heterocycles. The molecular weight excluding hydrogens is 333 g/mol. The fourth-order valence-electron chi connectivity index (χ4n) is 2.27. The largest absolute Gasteiger partial charge is 0.340 e. The average molecular weight is 346 g/mol. The smallest absolute Gasteiger partial charge is 0.252 e. The summed E-state index contributed by atoms with van der Waals surface area (Å²) in [6, 6.07) is 16.4. The van der Waals surface area contributed by atoms with Crippen molar-refractivity contribution in [3.63, 3.8) is 0 Å². The normalized spacial score (nSPS) is 11.9. The quantitative estimate of drug-likeness (QED) is 0.703. The van der Waals surface area contributed by atoms with Crippen LogP contribution in [0.3, 0.4) is 0 Å². The molecule has 2 aromatic carbocycles. The second-order valence-corrected chi connectivity index (χ2v) is 6.40. The molecule has 0 spiro atoms. The number of hydrogen-bond acceptors (Lipinski definition) is 2. The van der Waals surface area contributed by atoms with E-state index in [4.69, 9.17) is 11.6 Å². The molecule has 0 fully saturated rings. The molecular formula is C18H13ClFNOS. The molecule has 0 saturated carbocycles. The van der Waals surface area contributed by atoms with Gasteiger partial charge in [-0.25, -0.2) is 4.39 Å². The molecule has 0 aliphatic rings. The van der Waals surface area contributed by atoms with Crippen molar-refractivity contribution >= 4 is 28.8 Å². The maximum atomic E-state index is 13.2. The van der Waals surface area contributed by atoms with Gasteiger partial charge in [-0.3, -0.25) is 4.79 Å². The van der Waals surface area contributed by atoms with E-state index in [1.54, 1.807) is 36.4 Å². The standard InChI is InChI=1S/C18H13ClFNOS/c19-14-4-1-3-13(11-14)18(22)21-17(16-5-2-10-23-16)12-6-8-15(20)9-7-12/h1-11,17H,(H,21,22). The van der Waals surface area contributed by atoms with Gasteiger partial charge < -0.3 is 5.32 Å². The van der Waals surface area contributed by atoms with Crippen molar-refractivity contribution in [3.05, 3.63) is 92.9 Å². The highest BCUT2D eigenvalue weighted by Gasteiger charge is 2.19. The molecule has 0 aliphatic carbocycles. The number of hydrogen-bond donors (Lipinski definition) is 1. The van der Waals surface area contributed by atoms with Crippen molar-refractivity contribution in [2.45, 2.75) is 6.04 Å². The highest BCUT2D eigenvalue weighted by atomic mass is 35.5. The number of thiophene rings is 1. The third-order valence-electron chi connectivity index (χ3n) is 3.39. The first-order valence-electron chi connectivity index (χ1n) is 6.99. The molecule has 1 atom stereocenters. The zero-order chi connectivity index (χ0) is 16.2. The first kappa shape index (κ1) is 15.7. The molecule has 1 aromatic heterocycles. The fraction of sp³-hybridized carbons (Fsp3) is 0.0556. The summed E-state index contributed by atoms with van der Waals surface area (Å²) in [5.74, 6) is -0.532. The summed E-state index contributed by atoms with van der Waals surface area (Å²) in [6.07, 6.45) is 0. The minimum absolute atomic E-state index is 0.227. The Hall–Kier alpha value is -2.17. The molecule has 1 unspecified atom stereocenters. The number of rotatable bonds is 4. The second-order valence-electron chi connectivity index (χ2n) is 4.98. The molecule has 3 aromatic rings. The molecule has 5 heteroatoms. The van der Waals surface area contributed by atoms with Gasteiger partial charge in [-0.15, -0.1) is 11.3 Å². The van der Waals surface area contributed by atoms with Gasteiger partial charge in [0.05, 0.1) is 6.04 Å². The molecule has 23 heavy (non-hydrogen) atoms. The molecule has 1 amide bonds. The van der Waals surface area contributed by atoms with E-state index < -0.39 is 0 Å². The van der Waals surface area contributed by atoms with Crippen LogP contribution in [0.5, 0.6) is 0 Å². The zero-order valence-electron chi connectivity index (χ0n) is 12.0. The summed E-state index contributed by atoms with van der Waals surface area (Å²) >= 11 is 7.48. The predicted octanol–water partition coefficient (Wildman–Crippen LogP) is 5.06. The van der Waals surface area contributed by atoms with Crippen LogP contribution >= 0.6 is 22.9 Å². The summed E-state index contributed by atoms with van der Waals surface area (Å²) in [6.45, 7) is 0. The lowest BCUT2D eigenvalue weighted by molar-refractivity contribution is 0.0943. The Morgan fingerprint density at radius 2 is 1.87 bits per heavy atom. The van der Waals surface area contributed by atoms with E-state index in [1.165, 1.54) is 23.5 Å². The number of carbonyl (C=O) groups is 1. The van der Waals surface area contributed by atoms with Gasteiger partial charge in [0.1, 0.15) is 5.82 Å². The van der Waals surface area contributed by atoms with E-state index in [-0.39, 0.29) is 17.8 Å². The van der Waals surface area contributed by atoms with E-state index in [2.05, 4.69) is 5.32 Å². The number of nitrogens with one attached hydrogen (secondary N) is 1. The Morgan fingerprint density at radius 3 is 2.52 bits per heavy atom. The lowest BCUT2D eigenvalue weighted by Gasteiger charge is -2.18. The first-order chi connectivity index (χ1) is 11.1. The van der Waals surface area contributed by atoms with Crippen molar-refractivity contribution < 1.29 is 9.18 Å². The Labute approximate surface area is 142 Å². The molecule has 0 bridgehead atoms. The number of carbonyl (C=O) groups excluding carboxylic acids is 1. The van der Waals surface area contributed by atoms with E-state index in [0.717, 1.165) is 10.4 Å². The van der Waals surface area contributed by atoms with Gasteiger partial charge in [-0.1, -0.05) is 35.9 Å². The van der Waals surface area contributed by atoms with Crippen molar-refractivity contribution in [1.82, 2.24) is 5.32 Å². The maximum absolute atomic E-state index is 13.2. The van der Waals surface area contributed by atoms with Crippen LogP contribution in [0.15, 0.2) is 66.0 Å². The van der Waals surface area contributed by atoms with Gasteiger partial charge in [0.2, 0.25) is 0 Å². The van der Waals surface area contributed by atoms with Crippen LogP contribution in [0.25, 0.3) is 0 Å². The number of halogens is 2. The Bertz CT molecular complexity index is 802. The third-order valence-corrected chi connectivity index (χ3v) is 4.57. The third kappa shape index (κ3) is 3.78. The lowest BCUT2D eigenvalue weighted by atomic mass is 10.0. The second kappa shape index (κ2) is 6.94. The minimum atomic E-state index is -0.331. The van der Waals surface area contributed by atoms with Gasteiger partial charge in [0.25, 0.3) is 5.91 Å². The summed E-state index contributed by atoms with van der Waals surface area (Å²) in [5.41, 5.74) is 1.31. The lowest BCUT2D eigenvalue weighted by Crippen LogP contribution is -2.28. The summed E-state index contributed by atoms with van der Waals surface area (Å²) in [5, 5.41) is 5.44. The van der Waals surface area contributed by atoms with Crippen molar-refractivity contribution in [2.24, 2.45) is 0 Å². The number of amides is 1. The van der Waals surface area contributed by atoms with E-state index >= 15 is 0 Å². The number of benzene rings is 2. The summed E-state index contributed by atoms with van der Waals surface area (Å²) in [7, 11) is 0. The molecule has 116 valence electrons. The van der Waals surface area contributed by atoms with Crippen LogP contribution in [0.2, 0.25) is 5.02 Å². The fourth-order valence-corrected chi connectivity index (χ4v) is 3.27. The van der Waals surface area contributed by atoms with Crippen LogP contribution in [0.4, 0.5) is 4.39 Å². The SMILES string of the molecule is O=C(NC(c1ccc(F)cc1)c1cccs1)c1cccc(Cl)c1. The van der Waals surface area contributed by atoms with Crippen LogP contribution in [-0.2, 0) is 0 Å². The van der Waals surface area contributed by atoms with Crippen molar-refractivity contribution in [1.29, 1.82) is 0 Å². The Kier molecular flexibility index (Phi) is 4.74.